The minimum atomic E-state index is -0.801. The predicted molar refractivity (Wildman–Crippen MR) is 59.8 cm³/mol. The van der Waals surface area contributed by atoms with Gasteiger partial charge < -0.3 is 5.32 Å². The molecule has 1 aliphatic rings. The zero-order chi connectivity index (χ0) is 13.1. The van der Waals surface area contributed by atoms with Crippen LogP contribution < -0.4 is 10.6 Å². The molecule has 1 fully saturated rings. The van der Waals surface area contributed by atoms with Crippen LogP contribution in [0.15, 0.2) is 24.3 Å². The number of nitrogens with one attached hydrogen (secondary N) is 2. The Kier molecular flexibility index (Phi) is 3.36. The van der Waals surface area contributed by atoms with Crippen molar-refractivity contribution in [3.63, 3.8) is 0 Å². The molecule has 2 rings (SSSR count). The molecule has 1 aromatic rings. The summed E-state index contributed by atoms with van der Waals surface area (Å²) in [6.07, 6.45) is 0.00619. The van der Waals surface area contributed by atoms with Gasteiger partial charge in [-0.2, -0.15) is 0 Å². The van der Waals surface area contributed by atoms with Crippen LogP contribution in [0.2, 0.25) is 0 Å². The van der Waals surface area contributed by atoms with E-state index in [0.717, 1.165) is 0 Å². The zero-order valence-electron chi connectivity index (χ0n) is 9.40. The number of carbonyl (C=O) groups is 3. The van der Waals surface area contributed by atoms with Crippen molar-refractivity contribution >= 4 is 17.7 Å². The standard InChI is InChI=1S/C12H11FN2O3/c13-8-3-1-7(2-4-8)5-10(16)14-9-6-11(17)15-12(9)18/h1-4,9H,5-6H2,(H,14,16)(H,15,17,18). The van der Waals surface area contributed by atoms with E-state index >= 15 is 0 Å². The van der Waals surface area contributed by atoms with Crippen molar-refractivity contribution in [2.24, 2.45) is 0 Å². The molecule has 18 heavy (non-hydrogen) atoms. The van der Waals surface area contributed by atoms with E-state index in [4.69, 9.17) is 0 Å². The van der Waals surface area contributed by atoms with Gasteiger partial charge in [-0.25, -0.2) is 4.39 Å². The van der Waals surface area contributed by atoms with Gasteiger partial charge in [-0.05, 0) is 17.7 Å². The average Bonchev–Trinajstić information content (AvgIpc) is 2.61. The number of rotatable bonds is 3. The van der Waals surface area contributed by atoms with Crippen molar-refractivity contribution in [3.8, 4) is 0 Å². The van der Waals surface area contributed by atoms with Crippen LogP contribution in [0.3, 0.4) is 0 Å². The molecule has 1 aromatic carbocycles. The highest BCUT2D eigenvalue weighted by molar-refractivity contribution is 6.06. The summed E-state index contributed by atoms with van der Waals surface area (Å²) in [5.41, 5.74) is 0.638. The van der Waals surface area contributed by atoms with Gasteiger partial charge in [-0.15, -0.1) is 0 Å². The molecular weight excluding hydrogens is 239 g/mol. The first-order valence-electron chi connectivity index (χ1n) is 5.42. The monoisotopic (exact) mass is 250 g/mol. The van der Waals surface area contributed by atoms with Gasteiger partial charge >= 0.3 is 0 Å². The Labute approximate surface area is 102 Å². The molecule has 1 saturated heterocycles. The molecule has 1 heterocycles. The second kappa shape index (κ2) is 4.95. The highest BCUT2D eigenvalue weighted by Crippen LogP contribution is 2.05. The molecule has 1 unspecified atom stereocenters. The van der Waals surface area contributed by atoms with Crippen molar-refractivity contribution in [1.82, 2.24) is 10.6 Å². The SMILES string of the molecule is O=C1CC(NC(=O)Cc2ccc(F)cc2)C(=O)N1. The lowest BCUT2D eigenvalue weighted by molar-refractivity contribution is -0.128. The summed E-state index contributed by atoms with van der Waals surface area (Å²) in [5, 5.41) is 4.56. The molecular formula is C12H11FN2O3. The Bertz CT molecular complexity index is 499. The van der Waals surface area contributed by atoms with Gasteiger partial charge in [-0.1, -0.05) is 12.1 Å². The minimum absolute atomic E-state index is 0.0337. The number of halogens is 1. The lowest BCUT2D eigenvalue weighted by Gasteiger charge is -2.09. The fourth-order valence-electron chi connectivity index (χ4n) is 1.70. The average molecular weight is 250 g/mol. The number of amides is 3. The molecule has 1 atom stereocenters. The van der Waals surface area contributed by atoms with Crippen LogP contribution in [0.25, 0.3) is 0 Å². The van der Waals surface area contributed by atoms with Crippen LogP contribution in [0.4, 0.5) is 4.39 Å². The number of benzene rings is 1. The van der Waals surface area contributed by atoms with E-state index in [1.165, 1.54) is 24.3 Å². The first-order chi connectivity index (χ1) is 8.54. The zero-order valence-corrected chi connectivity index (χ0v) is 9.40. The van der Waals surface area contributed by atoms with Crippen molar-refractivity contribution in [2.75, 3.05) is 0 Å². The van der Waals surface area contributed by atoms with Crippen LogP contribution in [0.1, 0.15) is 12.0 Å². The number of carbonyl (C=O) groups excluding carboxylic acids is 3. The molecule has 0 bridgehead atoms. The van der Waals surface area contributed by atoms with E-state index in [9.17, 15) is 18.8 Å². The smallest absolute Gasteiger partial charge is 0.249 e. The van der Waals surface area contributed by atoms with Crippen LogP contribution in [0, 0.1) is 5.82 Å². The topological polar surface area (TPSA) is 75.3 Å². The largest absolute Gasteiger partial charge is 0.343 e. The van der Waals surface area contributed by atoms with Gasteiger partial charge in [0.1, 0.15) is 11.9 Å². The Morgan fingerprint density at radius 1 is 1.33 bits per heavy atom. The third-order valence-corrected chi connectivity index (χ3v) is 2.58. The third kappa shape index (κ3) is 2.91. The summed E-state index contributed by atoms with van der Waals surface area (Å²) in [4.78, 5) is 33.7. The molecule has 94 valence electrons. The Morgan fingerprint density at radius 2 is 2.00 bits per heavy atom. The Hall–Kier alpha value is -2.24. The summed E-state index contributed by atoms with van der Waals surface area (Å²) >= 11 is 0. The highest BCUT2D eigenvalue weighted by atomic mass is 19.1. The molecule has 0 aliphatic carbocycles. The molecule has 1 aliphatic heterocycles. The number of hydrogen-bond acceptors (Lipinski definition) is 3. The summed E-state index contributed by atoms with van der Waals surface area (Å²) in [7, 11) is 0. The van der Waals surface area contributed by atoms with E-state index in [0.29, 0.717) is 5.56 Å². The lowest BCUT2D eigenvalue weighted by Crippen LogP contribution is -2.40. The van der Waals surface area contributed by atoms with E-state index in [-0.39, 0.29) is 24.6 Å². The summed E-state index contributed by atoms with van der Waals surface area (Å²) in [6, 6.07) is 4.71. The maximum absolute atomic E-state index is 12.7. The lowest BCUT2D eigenvalue weighted by atomic mass is 10.1. The molecule has 0 saturated carbocycles. The first kappa shape index (κ1) is 12.2. The molecule has 0 spiro atoms. The minimum Gasteiger partial charge on any atom is -0.343 e. The van der Waals surface area contributed by atoms with Gasteiger partial charge in [-0.3, -0.25) is 19.7 Å². The van der Waals surface area contributed by atoms with Gasteiger partial charge in [0, 0.05) is 0 Å². The summed E-state index contributed by atoms with van der Waals surface area (Å²) in [5.74, 6) is -1.64. The Morgan fingerprint density at radius 3 is 2.56 bits per heavy atom. The van der Waals surface area contributed by atoms with E-state index in [1.54, 1.807) is 0 Å². The fraction of sp³-hybridized carbons (Fsp3) is 0.250. The summed E-state index contributed by atoms with van der Waals surface area (Å²) < 4.78 is 12.7. The predicted octanol–water partition coefficient (Wildman–Crippen LogP) is -0.101. The van der Waals surface area contributed by atoms with Gasteiger partial charge in [0.05, 0.1) is 12.8 Å². The molecule has 3 amide bonds. The maximum atomic E-state index is 12.7. The van der Waals surface area contributed by atoms with E-state index in [1.807, 2.05) is 0 Å². The quantitative estimate of drug-likeness (QED) is 0.735. The van der Waals surface area contributed by atoms with Gasteiger partial charge in [0.25, 0.3) is 0 Å². The molecule has 0 radical (unpaired) electrons. The molecule has 5 nitrogen and oxygen atoms in total. The van der Waals surface area contributed by atoms with Gasteiger partial charge in [0.2, 0.25) is 17.7 Å². The van der Waals surface area contributed by atoms with Crippen LogP contribution in [-0.4, -0.2) is 23.8 Å². The van der Waals surface area contributed by atoms with Crippen molar-refractivity contribution in [1.29, 1.82) is 0 Å². The first-order valence-corrected chi connectivity index (χ1v) is 5.42. The van der Waals surface area contributed by atoms with Gasteiger partial charge in [0.15, 0.2) is 0 Å². The van der Waals surface area contributed by atoms with Crippen molar-refractivity contribution in [3.05, 3.63) is 35.6 Å². The number of imide groups is 1. The normalized spacial score (nSPS) is 18.6. The summed E-state index contributed by atoms with van der Waals surface area (Å²) in [6.45, 7) is 0. The van der Waals surface area contributed by atoms with Crippen molar-refractivity contribution in [2.45, 2.75) is 18.9 Å². The van der Waals surface area contributed by atoms with Crippen LogP contribution in [0.5, 0.6) is 0 Å². The number of hydrogen-bond donors (Lipinski definition) is 2. The maximum Gasteiger partial charge on any atom is 0.249 e. The van der Waals surface area contributed by atoms with E-state index in [2.05, 4.69) is 10.6 Å². The fourth-order valence-corrected chi connectivity index (χ4v) is 1.70. The van der Waals surface area contributed by atoms with Crippen LogP contribution >= 0.6 is 0 Å². The second-order valence-corrected chi connectivity index (χ2v) is 4.04. The van der Waals surface area contributed by atoms with Crippen LogP contribution in [-0.2, 0) is 20.8 Å². The highest BCUT2D eigenvalue weighted by Gasteiger charge is 2.31. The molecule has 0 aromatic heterocycles. The molecule has 6 heteroatoms. The van der Waals surface area contributed by atoms with E-state index < -0.39 is 17.9 Å². The van der Waals surface area contributed by atoms with Crippen molar-refractivity contribution < 1.29 is 18.8 Å². The Balaban J connectivity index is 1.91. The third-order valence-electron chi connectivity index (χ3n) is 2.58. The molecule has 2 N–H and O–H groups in total. The second-order valence-electron chi connectivity index (χ2n) is 4.04.